The third kappa shape index (κ3) is 5.26. The number of pyridine rings is 1. The molecule has 1 aliphatic rings. The zero-order valence-corrected chi connectivity index (χ0v) is 23.1. The van der Waals surface area contributed by atoms with Crippen LogP contribution in [0, 0.1) is 0 Å². The largest absolute Gasteiger partial charge is 0.484 e. The molecule has 1 saturated heterocycles. The smallest absolute Gasteiger partial charge is 0.331 e. The molecule has 4 aromatic rings. The molecule has 0 saturated carbocycles. The van der Waals surface area contributed by atoms with Crippen LogP contribution in [0.2, 0.25) is 10.0 Å². The van der Waals surface area contributed by atoms with Crippen LogP contribution in [0.1, 0.15) is 13.3 Å². The lowest BCUT2D eigenvalue weighted by Crippen LogP contribution is -2.50. The number of nitrogens with zero attached hydrogens (tertiary/aromatic N) is 5. The van der Waals surface area contributed by atoms with Gasteiger partial charge in [0.2, 0.25) is 0 Å². The Labute approximate surface area is 234 Å². The van der Waals surface area contributed by atoms with Crippen molar-refractivity contribution in [1.82, 2.24) is 24.0 Å². The Balaban J connectivity index is 1.21. The molecule has 0 unspecified atom stereocenters. The first-order valence-corrected chi connectivity index (χ1v) is 13.4. The van der Waals surface area contributed by atoms with Gasteiger partial charge in [0.15, 0.2) is 6.61 Å². The first-order valence-electron chi connectivity index (χ1n) is 12.7. The Morgan fingerprint density at radius 3 is 2.36 bits per heavy atom. The maximum absolute atomic E-state index is 12.8. The van der Waals surface area contributed by atoms with Crippen molar-refractivity contribution in [2.24, 2.45) is 7.05 Å². The minimum absolute atomic E-state index is 0.0818. The number of piperazine rings is 1. The second kappa shape index (κ2) is 11.2. The number of H-pyrrole nitrogens is 1. The minimum Gasteiger partial charge on any atom is -0.484 e. The summed E-state index contributed by atoms with van der Waals surface area (Å²) in [7, 11) is 1.66. The lowest BCUT2D eigenvalue weighted by Gasteiger charge is -2.36. The van der Waals surface area contributed by atoms with Gasteiger partial charge >= 0.3 is 5.69 Å². The predicted molar refractivity (Wildman–Crippen MR) is 152 cm³/mol. The van der Waals surface area contributed by atoms with Crippen molar-refractivity contribution in [3.8, 4) is 17.0 Å². The zero-order chi connectivity index (χ0) is 27.7. The number of amides is 1. The Morgan fingerprint density at radius 2 is 1.72 bits per heavy atom. The second-order valence-corrected chi connectivity index (χ2v) is 10.2. The van der Waals surface area contributed by atoms with Gasteiger partial charge in [-0.3, -0.25) is 23.7 Å². The average molecular weight is 571 g/mol. The van der Waals surface area contributed by atoms with Gasteiger partial charge in [0.05, 0.1) is 21.2 Å². The third-order valence-corrected chi connectivity index (χ3v) is 7.44. The van der Waals surface area contributed by atoms with Crippen LogP contribution in [-0.2, 0) is 18.4 Å². The van der Waals surface area contributed by atoms with E-state index in [0.29, 0.717) is 71.7 Å². The van der Waals surface area contributed by atoms with Crippen molar-refractivity contribution < 1.29 is 9.53 Å². The number of nitrogens with one attached hydrogen (secondary N) is 1. The molecule has 3 aromatic heterocycles. The number of carbonyl (C=O) groups is 1. The number of ether oxygens (including phenoxy) is 1. The summed E-state index contributed by atoms with van der Waals surface area (Å²) in [6.45, 7) is 4.46. The van der Waals surface area contributed by atoms with Crippen LogP contribution in [0.3, 0.4) is 0 Å². The summed E-state index contributed by atoms with van der Waals surface area (Å²) in [6, 6.07) is 9.02. The topological polar surface area (TPSA) is 105 Å². The van der Waals surface area contributed by atoms with Gasteiger partial charge in [-0.25, -0.2) is 4.79 Å². The summed E-state index contributed by atoms with van der Waals surface area (Å²) in [5.74, 6) is 0.445. The van der Waals surface area contributed by atoms with Gasteiger partial charge in [-0.15, -0.1) is 0 Å². The second-order valence-electron chi connectivity index (χ2n) is 9.37. The monoisotopic (exact) mass is 570 g/mol. The van der Waals surface area contributed by atoms with Gasteiger partial charge in [0.1, 0.15) is 11.3 Å². The molecular weight excluding hydrogens is 543 g/mol. The SMILES string of the molecule is CCCn1c(=O)c2[nH]c(-c3ccc(OCC(=O)N4CCN(c5c(Cl)cncc5Cl)CC4)cc3)cc2n(C)c1=O. The lowest BCUT2D eigenvalue weighted by atomic mass is 10.1. The number of aromatic amines is 1. The van der Waals surface area contributed by atoms with Gasteiger partial charge in [-0.2, -0.15) is 0 Å². The van der Waals surface area contributed by atoms with E-state index in [2.05, 4.69) is 14.9 Å². The number of benzene rings is 1. The summed E-state index contributed by atoms with van der Waals surface area (Å²) in [5, 5.41) is 0.971. The van der Waals surface area contributed by atoms with E-state index in [0.717, 1.165) is 11.3 Å². The first kappa shape index (κ1) is 26.8. The number of hydrogen-bond acceptors (Lipinski definition) is 6. The van der Waals surface area contributed by atoms with E-state index in [4.69, 9.17) is 27.9 Å². The molecule has 10 nitrogen and oxygen atoms in total. The van der Waals surface area contributed by atoms with Gasteiger partial charge in [0.25, 0.3) is 11.5 Å². The standard InChI is InChI=1S/C27H28Cl2N6O4/c1-3-8-35-26(37)24-22(32(2)27(35)38)13-21(31-24)17-4-6-18(7-5-17)39-16-23(36)33-9-11-34(12-10-33)25-19(28)14-30-15-20(25)29/h4-7,13-15,31H,3,8-12,16H2,1-2H3. The van der Waals surface area contributed by atoms with Crippen molar-refractivity contribution in [3.05, 3.63) is 73.6 Å². The van der Waals surface area contributed by atoms with Crippen LogP contribution >= 0.6 is 23.2 Å². The molecule has 12 heteroatoms. The van der Waals surface area contributed by atoms with Crippen LogP contribution in [0.5, 0.6) is 5.75 Å². The zero-order valence-electron chi connectivity index (χ0n) is 21.6. The number of anilines is 1. The number of fused-ring (bicyclic) bond motifs is 1. The molecule has 0 atom stereocenters. The summed E-state index contributed by atoms with van der Waals surface area (Å²) < 4.78 is 8.48. The van der Waals surface area contributed by atoms with E-state index >= 15 is 0 Å². The van der Waals surface area contributed by atoms with Crippen molar-refractivity contribution in [1.29, 1.82) is 0 Å². The number of carbonyl (C=O) groups excluding carboxylic acids is 1. The van der Waals surface area contributed by atoms with Gasteiger partial charge in [-0.05, 0) is 42.3 Å². The molecule has 1 amide bonds. The van der Waals surface area contributed by atoms with Gasteiger partial charge < -0.3 is 19.5 Å². The molecule has 1 N–H and O–H groups in total. The maximum Gasteiger partial charge on any atom is 0.331 e. The highest BCUT2D eigenvalue weighted by atomic mass is 35.5. The van der Waals surface area contributed by atoms with E-state index in [1.165, 1.54) is 9.13 Å². The Bertz CT molecular complexity index is 1620. The molecule has 1 aromatic carbocycles. The van der Waals surface area contributed by atoms with Crippen molar-refractivity contribution in [2.45, 2.75) is 19.9 Å². The average Bonchev–Trinajstić information content (AvgIpc) is 3.39. The first-order chi connectivity index (χ1) is 18.8. The normalized spacial score (nSPS) is 13.7. The van der Waals surface area contributed by atoms with E-state index in [9.17, 15) is 14.4 Å². The van der Waals surface area contributed by atoms with E-state index in [1.807, 2.05) is 19.1 Å². The Kier molecular flexibility index (Phi) is 7.67. The molecule has 5 rings (SSSR count). The Hall–Kier alpha value is -3.76. The predicted octanol–water partition coefficient (Wildman–Crippen LogP) is 3.53. The van der Waals surface area contributed by atoms with Gasteiger partial charge in [0, 0.05) is 57.9 Å². The summed E-state index contributed by atoms with van der Waals surface area (Å²) in [4.78, 5) is 49.1. The van der Waals surface area contributed by atoms with E-state index in [1.54, 1.807) is 42.5 Å². The van der Waals surface area contributed by atoms with Gasteiger partial charge in [-0.1, -0.05) is 30.1 Å². The fourth-order valence-electron chi connectivity index (χ4n) is 4.81. The van der Waals surface area contributed by atoms with E-state index in [-0.39, 0.29) is 23.8 Å². The quantitative estimate of drug-likeness (QED) is 0.364. The maximum atomic E-state index is 12.8. The minimum atomic E-state index is -0.334. The number of halogens is 2. The van der Waals surface area contributed by atoms with E-state index < -0.39 is 0 Å². The van der Waals surface area contributed by atoms with Crippen LogP contribution < -0.4 is 20.9 Å². The van der Waals surface area contributed by atoms with Crippen molar-refractivity contribution in [2.75, 3.05) is 37.7 Å². The highest BCUT2D eigenvalue weighted by Gasteiger charge is 2.24. The fourth-order valence-corrected chi connectivity index (χ4v) is 5.41. The molecule has 0 radical (unpaired) electrons. The highest BCUT2D eigenvalue weighted by Crippen LogP contribution is 2.33. The van der Waals surface area contributed by atoms with Crippen LogP contribution in [-0.4, -0.2) is 62.7 Å². The molecule has 39 heavy (non-hydrogen) atoms. The number of aromatic nitrogens is 4. The number of hydrogen-bond donors (Lipinski definition) is 1. The lowest BCUT2D eigenvalue weighted by molar-refractivity contribution is -0.133. The Morgan fingerprint density at radius 1 is 1.05 bits per heavy atom. The molecule has 204 valence electrons. The molecule has 1 fully saturated rings. The number of aryl methyl sites for hydroxylation is 1. The summed E-state index contributed by atoms with van der Waals surface area (Å²) >= 11 is 12.5. The van der Waals surface area contributed by atoms with Crippen LogP contribution in [0.4, 0.5) is 5.69 Å². The molecule has 0 spiro atoms. The molecule has 0 aliphatic carbocycles. The van der Waals surface area contributed by atoms with Crippen molar-refractivity contribution >= 4 is 45.8 Å². The van der Waals surface area contributed by atoms with Crippen LogP contribution in [0.25, 0.3) is 22.3 Å². The van der Waals surface area contributed by atoms with Crippen LogP contribution in [0.15, 0.2) is 52.3 Å². The summed E-state index contributed by atoms with van der Waals surface area (Å²) in [5.41, 5.74) is 2.55. The fraction of sp³-hybridized carbons (Fsp3) is 0.333. The molecule has 0 bridgehead atoms. The molecular formula is C27H28Cl2N6O4. The highest BCUT2D eigenvalue weighted by molar-refractivity contribution is 6.38. The molecule has 4 heterocycles. The third-order valence-electron chi connectivity index (χ3n) is 6.89. The number of rotatable bonds is 7. The summed E-state index contributed by atoms with van der Waals surface area (Å²) in [6.07, 6.45) is 3.80. The molecule has 1 aliphatic heterocycles. The van der Waals surface area contributed by atoms with Crippen molar-refractivity contribution in [3.63, 3.8) is 0 Å².